The second-order valence-electron chi connectivity index (χ2n) is 6.50. The molecule has 0 saturated heterocycles. The first kappa shape index (κ1) is 19.0. The quantitative estimate of drug-likeness (QED) is 0.853. The third-order valence-corrected chi connectivity index (χ3v) is 5.01. The van der Waals surface area contributed by atoms with Gasteiger partial charge < -0.3 is 11.1 Å². The molecule has 0 atom stereocenters. The number of rotatable bonds is 4. The lowest BCUT2D eigenvalue weighted by atomic mass is 9.94. The van der Waals surface area contributed by atoms with Crippen LogP contribution in [0.1, 0.15) is 40.9 Å². The first-order chi connectivity index (χ1) is 11.4. The monoisotopic (exact) mass is 370 g/mol. The number of anilines is 1. The number of benzene rings is 1. The summed E-state index contributed by atoms with van der Waals surface area (Å²) in [6.07, 6.45) is 0. The van der Waals surface area contributed by atoms with Gasteiger partial charge in [-0.15, -0.1) is 11.3 Å². The summed E-state index contributed by atoms with van der Waals surface area (Å²) in [6, 6.07) is 4.81. The summed E-state index contributed by atoms with van der Waals surface area (Å²) in [5, 5.41) is 2.06. The van der Waals surface area contributed by atoms with E-state index in [1.54, 1.807) is 0 Å². The van der Waals surface area contributed by atoms with Crippen molar-refractivity contribution in [1.29, 1.82) is 0 Å². The molecule has 0 aliphatic rings. The molecule has 0 radical (unpaired) electrons. The third-order valence-electron chi connectivity index (χ3n) is 3.44. The van der Waals surface area contributed by atoms with E-state index in [9.17, 15) is 22.8 Å². The standard InChI is InChI=1S/C17H17F3N2O2S/c1-16(2,3)12-8-11(13(25-12)14(21)23)22-15(24)17(19,20)9-4-6-10(18)7-5-9/h4-8H,1-3H3,(H2,21,23)(H,22,24). The lowest BCUT2D eigenvalue weighted by Crippen LogP contribution is -2.32. The number of thiophene rings is 1. The zero-order valence-electron chi connectivity index (χ0n) is 13.8. The molecule has 134 valence electrons. The predicted octanol–water partition coefficient (Wildman–Crippen LogP) is 4.01. The van der Waals surface area contributed by atoms with E-state index in [-0.39, 0.29) is 16.0 Å². The fraction of sp³-hybridized carbons (Fsp3) is 0.294. The number of halogens is 3. The Hall–Kier alpha value is -2.35. The highest BCUT2D eigenvalue weighted by Gasteiger charge is 2.41. The Kier molecular flexibility index (Phi) is 4.94. The summed E-state index contributed by atoms with van der Waals surface area (Å²) < 4.78 is 41.5. The number of amides is 2. The van der Waals surface area contributed by atoms with Gasteiger partial charge in [-0.25, -0.2) is 4.39 Å². The lowest BCUT2D eigenvalue weighted by molar-refractivity contribution is -0.140. The molecule has 0 spiro atoms. The van der Waals surface area contributed by atoms with Crippen LogP contribution in [0.5, 0.6) is 0 Å². The van der Waals surface area contributed by atoms with Crippen LogP contribution < -0.4 is 11.1 Å². The Morgan fingerprint density at radius 1 is 1.12 bits per heavy atom. The van der Waals surface area contributed by atoms with E-state index in [0.29, 0.717) is 4.88 Å². The maximum atomic E-state index is 14.3. The van der Waals surface area contributed by atoms with Crippen molar-refractivity contribution in [2.75, 3.05) is 5.32 Å². The molecule has 4 nitrogen and oxygen atoms in total. The Morgan fingerprint density at radius 3 is 2.16 bits per heavy atom. The summed E-state index contributed by atoms with van der Waals surface area (Å²) in [6.45, 7) is 5.63. The molecule has 0 aliphatic heterocycles. The minimum Gasteiger partial charge on any atom is -0.365 e. The van der Waals surface area contributed by atoms with Crippen LogP contribution in [0.3, 0.4) is 0 Å². The SMILES string of the molecule is CC(C)(C)c1cc(NC(=O)C(F)(F)c2ccc(F)cc2)c(C(N)=O)s1. The molecule has 1 aromatic heterocycles. The zero-order valence-corrected chi connectivity index (χ0v) is 14.6. The molecule has 2 aromatic rings. The van der Waals surface area contributed by atoms with Gasteiger partial charge >= 0.3 is 5.92 Å². The fourth-order valence-electron chi connectivity index (χ4n) is 2.03. The molecule has 0 bridgehead atoms. The maximum Gasteiger partial charge on any atom is 0.350 e. The number of carbonyl (C=O) groups is 2. The van der Waals surface area contributed by atoms with Crippen molar-refractivity contribution in [3.05, 3.63) is 51.5 Å². The second kappa shape index (κ2) is 6.51. The average Bonchev–Trinajstić information content (AvgIpc) is 2.92. The molecule has 1 heterocycles. The van der Waals surface area contributed by atoms with E-state index in [1.807, 2.05) is 20.8 Å². The van der Waals surface area contributed by atoms with E-state index >= 15 is 0 Å². The molecule has 0 fully saturated rings. The van der Waals surface area contributed by atoms with E-state index < -0.39 is 29.1 Å². The van der Waals surface area contributed by atoms with Crippen LogP contribution in [0.15, 0.2) is 30.3 Å². The zero-order chi connectivity index (χ0) is 19.0. The smallest absolute Gasteiger partial charge is 0.350 e. The van der Waals surface area contributed by atoms with Gasteiger partial charge in [0.25, 0.3) is 11.8 Å². The van der Waals surface area contributed by atoms with Crippen molar-refractivity contribution >= 4 is 28.8 Å². The highest BCUT2D eigenvalue weighted by molar-refractivity contribution is 7.14. The van der Waals surface area contributed by atoms with Gasteiger partial charge in [0.15, 0.2) is 0 Å². The minimum absolute atomic E-state index is 0.00631. The van der Waals surface area contributed by atoms with Crippen molar-refractivity contribution in [3.63, 3.8) is 0 Å². The molecule has 0 saturated carbocycles. The van der Waals surface area contributed by atoms with Crippen LogP contribution in [-0.2, 0) is 16.1 Å². The van der Waals surface area contributed by atoms with Gasteiger partial charge in [0.1, 0.15) is 10.7 Å². The van der Waals surface area contributed by atoms with Crippen LogP contribution in [0.4, 0.5) is 18.9 Å². The van der Waals surface area contributed by atoms with Gasteiger partial charge in [-0.1, -0.05) is 20.8 Å². The molecular weight excluding hydrogens is 353 g/mol. The van der Waals surface area contributed by atoms with Gasteiger partial charge in [-0.05, 0) is 35.7 Å². The first-order valence-corrected chi connectivity index (χ1v) is 8.14. The van der Waals surface area contributed by atoms with Crippen molar-refractivity contribution in [2.45, 2.75) is 32.1 Å². The summed E-state index contributed by atoms with van der Waals surface area (Å²) in [5.41, 5.74) is 4.21. The van der Waals surface area contributed by atoms with Crippen molar-refractivity contribution in [1.82, 2.24) is 0 Å². The Morgan fingerprint density at radius 2 is 1.68 bits per heavy atom. The molecular formula is C17H17F3N2O2S. The van der Waals surface area contributed by atoms with E-state index in [2.05, 4.69) is 5.32 Å². The molecule has 8 heteroatoms. The highest BCUT2D eigenvalue weighted by Crippen LogP contribution is 2.37. The van der Waals surface area contributed by atoms with Crippen LogP contribution in [-0.4, -0.2) is 11.8 Å². The summed E-state index contributed by atoms with van der Waals surface area (Å²) in [7, 11) is 0. The second-order valence-corrected chi connectivity index (χ2v) is 7.56. The average molecular weight is 370 g/mol. The van der Waals surface area contributed by atoms with Gasteiger partial charge in [0.05, 0.1) is 5.69 Å². The molecule has 0 aliphatic carbocycles. The van der Waals surface area contributed by atoms with E-state index in [4.69, 9.17) is 5.73 Å². The molecule has 0 unspecified atom stereocenters. The topological polar surface area (TPSA) is 72.2 Å². The van der Waals surface area contributed by atoms with Crippen LogP contribution in [0.25, 0.3) is 0 Å². The number of primary amides is 1. The lowest BCUT2D eigenvalue weighted by Gasteiger charge is -2.16. The largest absolute Gasteiger partial charge is 0.365 e. The van der Waals surface area contributed by atoms with Crippen molar-refractivity contribution < 1.29 is 22.8 Å². The number of hydrogen-bond acceptors (Lipinski definition) is 3. The number of alkyl halides is 2. The van der Waals surface area contributed by atoms with Gasteiger partial charge in [-0.3, -0.25) is 9.59 Å². The van der Waals surface area contributed by atoms with E-state index in [0.717, 1.165) is 35.6 Å². The molecule has 3 N–H and O–H groups in total. The van der Waals surface area contributed by atoms with Crippen LogP contribution in [0, 0.1) is 5.82 Å². The van der Waals surface area contributed by atoms with Gasteiger partial charge in [-0.2, -0.15) is 8.78 Å². The maximum absolute atomic E-state index is 14.3. The Labute approximate surface area is 146 Å². The molecule has 2 rings (SSSR count). The summed E-state index contributed by atoms with van der Waals surface area (Å²) in [5.74, 6) is -7.03. The predicted molar refractivity (Wildman–Crippen MR) is 90.5 cm³/mol. The highest BCUT2D eigenvalue weighted by atomic mass is 32.1. The van der Waals surface area contributed by atoms with E-state index in [1.165, 1.54) is 6.07 Å². The van der Waals surface area contributed by atoms with Gasteiger partial charge in [0, 0.05) is 10.4 Å². The Bertz CT molecular complexity index is 808. The molecule has 1 aromatic carbocycles. The number of nitrogens with two attached hydrogens (primary N) is 1. The minimum atomic E-state index is -3.90. The van der Waals surface area contributed by atoms with Gasteiger partial charge in [0.2, 0.25) is 0 Å². The Balaban J connectivity index is 2.35. The van der Waals surface area contributed by atoms with Crippen molar-refractivity contribution in [2.24, 2.45) is 5.73 Å². The first-order valence-electron chi connectivity index (χ1n) is 7.32. The number of carbonyl (C=O) groups excluding carboxylic acids is 2. The summed E-state index contributed by atoms with van der Waals surface area (Å²) >= 11 is 1.04. The third kappa shape index (κ3) is 4.01. The number of hydrogen-bond donors (Lipinski definition) is 2. The molecule has 25 heavy (non-hydrogen) atoms. The fourth-order valence-corrected chi connectivity index (χ4v) is 3.05. The van der Waals surface area contributed by atoms with Crippen molar-refractivity contribution in [3.8, 4) is 0 Å². The molecule has 2 amide bonds. The van der Waals surface area contributed by atoms with Crippen LogP contribution >= 0.6 is 11.3 Å². The van der Waals surface area contributed by atoms with Crippen LogP contribution in [0.2, 0.25) is 0 Å². The summed E-state index contributed by atoms with van der Waals surface area (Å²) in [4.78, 5) is 24.3. The number of nitrogens with one attached hydrogen (secondary N) is 1. The normalized spacial score (nSPS) is 12.1.